The topological polar surface area (TPSA) is 28.0 Å². The van der Waals surface area contributed by atoms with Gasteiger partial charge in [-0.25, -0.2) is 0 Å². The van der Waals surface area contributed by atoms with Gasteiger partial charge in [0.25, 0.3) is 0 Å². The second-order valence-corrected chi connectivity index (χ2v) is 8.15. The molecule has 4 aromatic rings. The molecule has 1 atom stereocenters. The molecule has 0 saturated heterocycles. The Kier molecular flexibility index (Phi) is 5.82. The average molecular weight is 436 g/mol. The number of hydrazone groups is 1. The monoisotopic (exact) mass is 435 g/mol. The molecule has 3 nitrogen and oxygen atoms in total. The van der Waals surface area contributed by atoms with Gasteiger partial charge in [0.15, 0.2) is 0 Å². The number of halogens is 1. The summed E-state index contributed by atoms with van der Waals surface area (Å²) < 4.78 is 0. The van der Waals surface area contributed by atoms with Gasteiger partial charge >= 0.3 is 0 Å². The van der Waals surface area contributed by atoms with Crippen molar-refractivity contribution in [3.8, 4) is 0 Å². The molecule has 0 radical (unpaired) electrons. The molecular weight excluding hydrogens is 414 g/mol. The summed E-state index contributed by atoms with van der Waals surface area (Å²) in [6.07, 6.45) is 2.73. The van der Waals surface area contributed by atoms with E-state index in [9.17, 15) is 0 Å². The summed E-state index contributed by atoms with van der Waals surface area (Å²) in [6, 6.07) is 37.0. The molecule has 4 aromatic carbocycles. The fraction of sp³-hybridized carbons (Fsp3) is 0.0714. The van der Waals surface area contributed by atoms with E-state index in [4.69, 9.17) is 16.7 Å². The van der Waals surface area contributed by atoms with Gasteiger partial charge in [-0.3, -0.25) is 10.0 Å². The highest BCUT2D eigenvalue weighted by molar-refractivity contribution is 6.30. The normalized spacial score (nSPS) is 15.8. The van der Waals surface area contributed by atoms with Gasteiger partial charge in [-0.1, -0.05) is 84.4 Å². The molecule has 0 amide bonds. The molecule has 156 valence electrons. The van der Waals surface area contributed by atoms with Crippen LogP contribution in [0.1, 0.15) is 29.2 Å². The number of rotatable bonds is 5. The van der Waals surface area contributed by atoms with Gasteiger partial charge in [-0.2, -0.15) is 5.10 Å². The molecule has 1 aliphatic rings. The number of hydrogen-bond donors (Lipinski definition) is 0. The predicted octanol–water partition coefficient (Wildman–Crippen LogP) is 7.45. The molecule has 0 saturated carbocycles. The van der Waals surface area contributed by atoms with Crippen LogP contribution >= 0.6 is 11.6 Å². The minimum absolute atomic E-state index is 0.167. The number of nitrogens with zero attached hydrogens (tertiary/aromatic N) is 3. The Morgan fingerprint density at radius 1 is 0.781 bits per heavy atom. The zero-order valence-electron chi connectivity index (χ0n) is 17.5. The van der Waals surface area contributed by atoms with E-state index < -0.39 is 0 Å². The van der Waals surface area contributed by atoms with Crippen LogP contribution in [0.5, 0.6) is 0 Å². The van der Waals surface area contributed by atoms with Crippen molar-refractivity contribution in [1.82, 2.24) is 0 Å². The molecule has 0 bridgehead atoms. The lowest BCUT2D eigenvalue weighted by Crippen LogP contribution is -2.18. The lowest BCUT2D eigenvalue weighted by molar-refractivity contribution is 0.709. The Bertz CT molecular complexity index is 1230. The summed E-state index contributed by atoms with van der Waals surface area (Å²) in [7, 11) is 0. The van der Waals surface area contributed by atoms with E-state index in [-0.39, 0.29) is 6.04 Å². The molecule has 0 aromatic heterocycles. The van der Waals surface area contributed by atoms with Crippen LogP contribution in [-0.2, 0) is 0 Å². The number of benzene rings is 4. The molecule has 0 spiro atoms. The minimum Gasteiger partial charge on any atom is -0.257 e. The van der Waals surface area contributed by atoms with Crippen LogP contribution < -0.4 is 5.01 Å². The first kappa shape index (κ1) is 20.2. The summed E-state index contributed by atoms with van der Waals surface area (Å²) >= 11 is 5.95. The third-order valence-electron chi connectivity index (χ3n) is 5.55. The van der Waals surface area contributed by atoms with E-state index in [1.165, 1.54) is 11.1 Å². The van der Waals surface area contributed by atoms with Crippen LogP contribution in [0.3, 0.4) is 0 Å². The number of aliphatic imine (C=N–C) groups is 1. The molecule has 4 heteroatoms. The van der Waals surface area contributed by atoms with Gasteiger partial charge in [0.2, 0.25) is 0 Å². The number of anilines is 1. The van der Waals surface area contributed by atoms with Gasteiger partial charge < -0.3 is 0 Å². The van der Waals surface area contributed by atoms with Crippen LogP contribution in [0.25, 0.3) is 0 Å². The van der Waals surface area contributed by atoms with Crippen molar-refractivity contribution in [1.29, 1.82) is 0 Å². The van der Waals surface area contributed by atoms with Gasteiger partial charge in [0, 0.05) is 17.7 Å². The van der Waals surface area contributed by atoms with Crippen LogP contribution in [0, 0.1) is 0 Å². The van der Waals surface area contributed by atoms with Crippen molar-refractivity contribution >= 4 is 34.9 Å². The van der Waals surface area contributed by atoms with Crippen LogP contribution in [0.2, 0.25) is 5.02 Å². The fourth-order valence-electron chi connectivity index (χ4n) is 3.88. The summed E-state index contributed by atoms with van der Waals surface area (Å²) in [6.45, 7) is 0. The highest BCUT2D eigenvalue weighted by Crippen LogP contribution is 2.36. The van der Waals surface area contributed by atoms with Gasteiger partial charge in [0.05, 0.1) is 23.1 Å². The Morgan fingerprint density at radius 2 is 1.44 bits per heavy atom. The SMILES string of the molecule is Clc1ccc(N=Cc2ccc(N3N=C(c4ccccc4)CC3c3ccccc3)cc2)cc1. The minimum atomic E-state index is 0.167. The molecule has 1 unspecified atom stereocenters. The van der Waals surface area contributed by atoms with Crippen LogP contribution in [0.15, 0.2) is 119 Å². The third-order valence-corrected chi connectivity index (χ3v) is 5.80. The zero-order valence-corrected chi connectivity index (χ0v) is 18.2. The molecule has 0 fully saturated rings. The van der Waals surface area contributed by atoms with Crippen molar-refractivity contribution in [2.75, 3.05) is 5.01 Å². The van der Waals surface area contributed by atoms with Crippen molar-refractivity contribution in [2.45, 2.75) is 12.5 Å². The second-order valence-electron chi connectivity index (χ2n) is 7.71. The van der Waals surface area contributed by atoms with Crippen molar-refractivity contribution < 1.29 is 0 Å². The van der Waals surface area contributed by atoms with Gasteiger partial charge in [-0.15, -0.1) is 0 Å². The predicted molar refractivity (Wildman–Crippen MR) is 134 cm³/mol. The lowest BCUT2D eigenvalue weighted by Gasteiger charge is -2.24. The zero-order chi connectivity index (χ0) is 21.8. The first-order valence-corrected chi connectivity index (χ1v) is 11.0. The van der Waals surface area contributed by atoms with E-state index in [0.29, 0.717) is 5.02 Å². The van der Waals surface area contributed by atoms with Gasteiger partial charge in [0.1, 0.15) is 0 Å². The quantitative estimate of drug-likeness (QED) is 0.299. The fourth-order valence-corrected chi connectivity index (χ4v) is 4.00. The molecule has 0 aliphatic carbocycles. The van der Waals surface area contributed by atoms with Crippen LogP contribution in [-0.4, -0.2) is 11.9 Å². The van der Waals surface area contributed by atoms with E-state index in [1.54, 1.807) is 0 Å². The Balaban J connectivity index is 1.42. The molecule has 32 heavy (non-hydrogen) atoms. The first-order chi connectivity index (χ1) is 15.8. The molecular formula is C28H22ClN3. The van der Waals surface area contributed by atoms with E-state index in [2.05, 4.69) is 88.9 Å². The van der Waals surface area contributed by atoms with Crippen molar-refractivity contribution in [2.24, 2.45) is 10.1 Å². The molecule has 5 rings (SSSR count). The maximum Gasteiger partial charge on any atom is 0.0831 e. The summed E-state index contributed by atoms with van der Waals surface area (Å²) in [5.41, 5.74) is 6.50. The molecule has 0 N–H and O–H groups in total. The van der Waals surface area contributed by atoms with Crippen LogP contribution in [0.4, 0.5) is 11.4 Å². The second kappa shape index (κ2) is 9.21. The largest absolute Gasteiger partial charge is 0.257 e. The Labute approximate surface area is 193 Å². The van der Waals surface area contributed by atoms with Crippen molar-refractivity contribution in [3.63, 3.8) is 0 Å². The summed E-state index contributed by atoms with van der Waals surface area (Å²) in [4.78, 5) is 4.53. The highest BCUT2D eigenvalue weighted by atomic mass is 35.5. The van der Waals surface area contributed by atoms with E-state index in [0.717, 1.165) is 29.1 Å². The average Bonchev–Trinajstić information content (AvgIpc) is 3.31. The summed E-state index contributed by atoms with van der Waals surface area (Å²) in [5.74, 6) is 0. The summed E-state index contributed by atoms with van der Waals surface area (Å²) in [5, 5.41) is 7.87. The van der Waals surface area contributed by atoms with Gasteiger partial charge in [-0.05, 0) is 53.1 Å². The molecule has 1 aliphatic heterocycles. The maximum atomic E-state index is 5.95. The maximum absolute atomic E-state index is 5.95. The van der Waals surface area contributed by atoms with E-state index >= 15 is 0 Å². The van der Waals surface area contributed by atoms with E-state index in [1.807, 2.05) is 36.5 Å². The smallest absolute Gasteiger partial charge is 0.0831 e. The third kappa shape index (κ3) is 4.48. The standard InChI is InChI=1S/C28H22ClN3/c29-24-13-15-25(16-14-24)30-20-21-11-17-26(18-12-21)32-28(23-9-5-2-6-10-23)19-27(31-32)22-7-3-1-4-8-22/h1-18,20,28H,19H2. The highest BCUT2D eigenvalue weighted by Gasteiger charge is 2.29. The lowest BCUT2D eigenvalue weighted by atomic mass is 9.98. The Hall–Kier alpha value is -3.69. The first-order valence-electron chi connectivity index (χ1n) is 10.6. The number of hydrogen-bond acceptors (Lipinski definition) is 3. The van der Waals surface area contributed by atoms with Crippen molar-refractivity contribution in [3.05, 3.63) is 131 Å². The Morgan fingerprint density at radius 3 is 2.12 bits per heavy atom. The molecule has 1 heterocycles.